The van der Waals surface area contributed by atoms with Crippen LogP contribution in [0.15, 0.2) is 0 Å². The fraction of sp³-hybridized carbons (Fsp3) is 1.00. The van der Waals surface area contributed by atoms with Crippen LogP contribution < -0.4 is 5.32 Å². The Labute approximate surface area is 61.8 Å². The second-order valence-corrected chi connectivity index (χ2v) is 2.66. The minimum Gasteiger partial charge on any atom is -0.314 e. The van der Waals surface area contributed by atoms with Crippen LogP contribution in [0.25, 0.3) is 0 Å². The molecule has 0 aliphatic carbocycles. The molecule has 1 heterocycles. The SMILES string of the molecule is FC1CNCCC1C(F)(F)F. The number of nitrogens with one attached hydrogen (secondary N) is 1. The van der Waals surface area contributed by atoms with E-state index in [0.717, 1.165) is 0 Å². The Bertz CT molecular complexity index is 133. The van der Waals surface area contributed by atoms with E-state index in [-0.39, 0.29) is 19.5 Å². The predicted molar refractivity (Wildman–Crippen MR) is 31.9 cm³/mol. The van der Waals surface area contributed by atoms with E-state index in [1.54, 1.807) is 0 Å². The molecule has 0 aromatic heterocycles. The van der Waals surface area contributed by atoms with Gasteiger partial charge in [-0.05, 0) is 13.0 Å². The standard InChI is InChI=1S/C6H9F4N/c7-5-3-11-2-1-4(5)6(8,9)10/h4-5,11H,1-3H2. The van der Waals surface area contributed by atoms with Crippen LogP contribution in [0.4, 0.5) is 17.6 Å². The van der Waals surface area contributed by atoms with Crippen molar-refractivity contribution in [3.05, 3.63) is 0 Å². The van der Waals surface area contributed by atoms with Gasteiger partial charge in [-0.2, -0.15) is 13.2 Å². The predicted octanol–water partition coefficient (Wildman–Crippen LogP) is 1.50. The molecule has 1 aliphatic heterocycles. The Morgan fingerprint density at radius 2 is 1.91 bits per heavy atom. The zero-order valence-corrected chi connectivity index (χ0v) is 5.79. The number of hydrogen-bond donors (Lipinski definition) is 1. The van der Waals surface area contributed by atoms with Crippen molar-refractivity contribution in [3.8, 4) is 0 Å². The fourth-order valence-corrected chi connectivity index (χ4v) is 1.19. The van der Waals surface area contributed by atoms with Gasteiger partial charge >= 0.3 is 6.18 Å². The zero-order chi connectivity index (χ0) is 8.48. The molecule has 0 bridgehead atoms. The van der Waals surface area contributed by atoms with Crippen molar-refractivity contribution in [1.29, 1.82) is 0 Å². The van der Waals surface area contributed by atoms with Gasteiger partial charge in [0.25, 0.3) is 0 Å². The Kier molecular flexibility index (Phi) is 2.37. The molecule has 0 aromatic carbocycles. The molecular weight excluding hydrogens is 162 g/mol. The molecule has 1 rings (SSSR count). The van der Waals surface area contributed by atoms with Crippen molar-refractivity contribution in [2.45, 2.75) is 18.8 Å². The summed E-state index contributed by atoms with van der Waals surface area (Å²) in [5.41, 5.74) is 0. The normalized spacial score (nSPS) is 33.8. The summed E-state index contributed by atoms with van der Waals surface area (Å²) in [5, 5.41) is 2.56. The van der Waals surface area contributed by atoms with Crippen LogP contribution in [0.3, 0.4) is 0 Å². The average Bonchev–Trinajstić information content (AvgIpc) is 1.86. The van der Waals surface area contributed by atoms with Gasteiger partial charge in [0, 0.05) is 6.54 Å². The summed E-state index contributed by atoms with van der Waals surface area (Å²) in [5.74, 6) is -1.76. The van der Waals surface area contributed by atoms with Crippen molar-refractivity contribution in [2.75, 3.05) is 13.1 Å². The van der Waals surface area contributed by atoms with E-state index in [2.05, 4.69) is 5.32 Å². The fourth-order valence-electron chi connectivity index (χ4n) is 1.19. The molecule has 1 fully saturated rings. The highest BCUT2D eigenvalue weighted by atomic mass is 19.4. The molecule has 0 radical (unpaired) electrons. The van der Waals surface area contributed by atoms with Crippen LogP contribution in [-0.4, -0.2) is 25.4 Å². The Morgan fingerprint density at radius 3 is 2.27 bits per heavy atom. The molecule has 2 unspecified atom stereocenters. The molecule has 1 saturated heterocycles. The summed E-state index contributed by atoms with van der Waals surface area (Å²) in [4.78, 5) is 0. The summed E-state index contributed by atoms with van der Waals surface area (Å²) in [6.07, 6.45) is -6.30. The molecule has 0 spiro atoms. The topological polar surface area (TPSA) is 12.0 Å². The third-order valence-corrected chi connectivity index (χ3v) is 1.83. The van der Waals surface area contributed by atoms with Gasteiger partial charge in [0.2, 0.25) is 0 Å². The van der Waals surface area contributed by atoms with Crippen molar-refractivity contribution < 1.29 is 17.6 Å². The largest absolute Gasteiger partial charge is 0.394 e. The van der Waals surface area contributed by atoms with Crippen LogP contribution in [0.1, 0.15) is 6.42 Å². The van der Waals surface area contributed by atoms with E-state index < -0.39 is 18.3 Å². The highest BCUT2D eigenvalue weighted by molar-refractivity contribution is 4.82. The van der Waals surface area contributed by atoms with E-state index in [9.17, 15) is 17.6 Å². The lowest BCUT2D eigenvalue weighted by atomic mass is 9.96. The first-order chi connectivity index (χ1) is 5.02. The third kappa shape index (κ3) is 2.05. The minimum atomic E-state index is -4.37. The smallest absolute Gasteiger partial charge is 0.314 e. The maximum Gasteiger partial charge on any atom is 0.394 e. The first kappa shape index (κ1) is 8.77. The van der Waals surface area contributed by atoms with Gasteiger partial charge < -0.3 is 5.32 Å². The summed E-state index contributed by atoms with van der Waals surface area (Å²) >= 11 is 0. The molecular formula is C6H9F4N. The number of hydrogen-bond acceptors (Lipinski definition) is 1. The lowest BCUT2D eigenvalue weighted by molar-refractivity contribution is -0.195. The van der Waals surface area contributed by atoms with E-state index >= 15 is 0 Å². The summed E-state index contributed by atoms with van der Waals surface area (Å²) < 4.78 is 48.3. The summed E-state index contributed by atoms with van der Waals surface area (Å²) in [7, 11) is 0. The second kappa shape index (κ2) is 2.97. The number of piperidine rings is 1. The number of alkyl halides is 4. The molecule has 2 atom stereocenters. The highest BCUT2D eigenvalue weighted by Gasteiger charge is 2.45. The monoisotopic (exact) mass is 171 g/mol. The average molecular weight is 171 g/mol. The van der Waals surface area contributed by atoms with Gasteiger partial charge in [0.05, 0.1) is 5.92 Å². The molecule has 5 heteroatoms. The Morgan fingerprint density at radius 1 is 1.27 bits per heavy atom. The van der Waals surface area contributed by atoms with E-state index in [1.807, 2.05) is 0 Å². The van der Waals surface area contributed by atoms with Crippen LogP contribution in [-0.2, 0) is 0 Å². The number of halogens is 4. The van der Waals surface area contributed by atoms with Crippen molar-refractivity contribution in [3.63, 3.8) is 0 Å². The third-order valence-electron chi connectivity index (χ3n) is 1.83. The van der Waals surface area contributed by atoms with Gasteiger partial charge in [0.1, 0.15) is 6.17 Å². The van der Waals surface area contributed by atoms with E-state index in [4.69, 9.17) is 0 Å². The summed E-state index contributed by atoms with van der Waals surface area (Å²) in [6.45, 7) is 0.0781. The van der Waals surface area contributed by atoms with Crippen molar-refractivity contribution in [1.82, 2.24) is 5.32 Å². The molecule has 0 amide bonds. The maximum absolute atomic E-state index is 12.6. The summed E-state index contributed by atoms with van der Waals surface area (Å²) in [6, 6.07) is 0. The molecule has 1 N–H and O–H groups in total. The first-order valence-electron chi connectivity index (χ1n) is 3.43. The maximum atomic E-state index is 12.6. The van der Waals surface area contributed by atoms with E-state index in [0.29, 0.717) is 0 Å². The Balaban J connectivity index is 2.55. The zero-order valence-electron chi connectivity index (χ0n) is 5.79. The molecule has 0 aromatic rings. The van der Waals surface area contributed by atoms with Crippen molar-refractivity contribution >= 4 is 0 Å². The van der Waals surface area contributed by atoms with E-state index in [1.165, 1.54) is 0 Å². The second-order valence-electron chi connectivity index (χ2n) is 2.66. The minimum absolute atomic E-state index is 0.148. The Hall–Kier alpha value is -0.320. The molecule has 66 valence electrons. The number of rotatable bonds is 0. The van der Waals surface area contributed by atoms with Gasteiger partial charge in [-0.1, -0.05) is 0 Å². The van der Waals surface area contributed by atoms with Gasteiger partial charge in [-0.3, -0.25) is 0 Å². The van der Waals surface area contributed by atoms with Gasteiger partial charge in [-0.25, -0.2) is 4.39 Å². The molecule has 1 nitrogen and oxygen atoms in total. The molecule has 1 aliphatic rings. The highest BCUT2D eigenvalue weighted by Crippen LogP contribution is 2.33. The van der Waals surface area contributed by atoms with Crippen LogP contribution in [0.2, 0.25) is 0 Å². The lowest BCUT2D eigenvalue weighted by Gasteiger charge is -2.28. The quantitative estimate of drug-likeness (QED) is 0.544. The van der Waals surface area contributed by atoms with Crippen LogP contribution in [0.5, 0.6) is 0 Å². The molecule has 0 saturated carbocycles. The lowest BCUT2D eigenvalue weighted by Crippen LogP contribution is -2.44. The first-order valence-corrected chi connectivity index (χ1v) is 3.43. The van der Waals surface area contributed by atoms with Gasteiger partial charge in [0.15, 0.2) is 0 Å². The van der Waals surface area contributed by atoms with Gasteiger partial charge in [-0.15, -0.1) is 0 Å². The van der Waals surface area contributed by atoms with Crippen molar-refractivity contribution in [2.24, 2.45) is 5.92 Å². The van der Waals surface area contributed by atoms with Crippen LogP contribution >= 0.6 is 0 Å². The van der Waals surface area contributed by atoms with Crippen LogP contribution in [0, 0.1) is 5.92 Å². The molecule has 11 heavy (non-hydrogen) atoms.